The Balaban J connectivity index is 1.65. The van der Waals surface area contributed by atoms with E-state index in [-0.39, 0.29) is 31.4 Å². The van der Waals surface area contributed by atoms with Gasteiger partial charge in [-0.15, -0.1) is 0 Å². The topological polar surface area (TPSA) is 81.1 Å². The van der Waals surface area contributed by atoms with E-state index in [0.29, 0.717) is 10.7 Å². The number of hydrogen-bond donors (Lipinski definition) is 1. The van der Waals surface area contributed by atoms with Crippen LogP contribution in [0.4, 0.5) is 26.3 Å². The summed E-state index contributed by atoms with van der Waals surface area (Å²) in [5.41, 5.74) is -1.26. The van der Waals surface area contributed by atoms with Gasteiger partial charge >= 0.3 is 12.4 Å². The first-order valence-electron chi connectivity index (χ1n) is 9.94. The molecular weight excluding hydrogens is 476 g/mol. The second kappa shape index (κ2) is 8.65. The maximum Gasteiger partial charge on any atom is 0.416 e. The van der Waals surface area contributed by atoms with Crippen LogP contribution in [0.3, 0.4) is 0 Å². The van der Waals surface area contributed by atoms with E-state index in [1.807, 2.05) is 0 Å². The number of aromatic nitrogens is 2. The van der Waals surface area contributed by atoms with Crippen LogP contribution in [0.5, 0.6) is 0 Å². The zero-order chi connectivity index (χ0) is 24.7. The predicted octanol–water partition coefficient (Wildman–Crippen LogP) is 4.37. The van der Waals surface area contributed by atoms with Gasteiger partial charge in [-0.05, 0) is 56.9 Å². The SMILES string of the molecule is CC1(S(=O)(=O)c2cccc(C(F)(F)F)c2)CCC(NC(=O)c2ccn(CC(F)(F)F)n2)CC1. The molecule has 2 aromatic rings. The van der Waals surface area contributed by atoms with E-state index in [1.165, 1.54) is 6.92 Å². The fourth-order valence-electron chi connectivity index (χ4n) is 3.78. The first kappa shape index (κ1) is 25.1. The number of sulfone groups is 1. The van der Waals surface area contributed by atoms with E-state index in [1.54, 1.807) is 0 Å². The van der Waals surface area contributed by atoms with Crippen molar-refractivity contribution >= 4 is 15.7 Å². The molecule has 0 unspecified atom stereocenters. The fraction of sp³-hybridized carbons (Fsp3) is 0.500. The van der Waals surface area contributed by atoms with Crippen molar-refractivity contribution in [2.24, 2.45) is 0 Å². The van der Waals surface area contributed by atoms with Crippen molar-refractivity contribution in [1.29, 1.82) is 0 Å². The number of carbonyl (C=O) groups is 1. The van der Waals surface area contributed by atoms with Gasteiger partial charge in [-0.25, -0.2) is 8.42 Å². The van der Waals surface area contributed by atoms with Crippen LogP contribution in [-0.4, -0.2) is 41.1 Å². The lowest BCUT2D eigenvalue weighted by Gasteiger charge is -2.37. The molecule has 1 heterocycles. The summed E-state index contributed by atoms with van der Waals surface area (Å²) in [5.74, 6) is -0.690. The minimum absolute atomic E-state index is 0.0824. The van der Waals surface area contributed by atoms with Crippen molar-refractivity contribution in [1.82, 2.24) is 15.1 Å². The molecule has 33 heavy (non-hydrogen) atoms. The Morgan fingerprint density at radius 2 is 1.79 bits per heavy atom. The molecule has 182 valence electrons. The molecule has 1 amide bonds. The van der Waals surface area contributed by atoms with Crippen molar-refractivity contribution in [2.75, 3.05) is 0 Å². The van der Waals surface area contributed by atoms with Crippen LogP contribution in [0.2, 0.25) is 0 Å². The van der Waals surface area contributed by atoms with Crippen LogP contribution < -0.4 is 5.32 Å². The van der Waals surface area contributed by atoms with Gasteiger partial charge in [0.1, 0.15) is 12.2 Å². The van der Waals surface area contributed by atoms with Crippen LogP contribution in [0.25, 0.3) is 0 Å². The van der Waals surface area contributed by atoms with E-state index >= 15 is 0 Å². The Morgan fingerprint density at radius 3 is 2.36 bits per heavy atom. The summed E-state index contributed by atoms with van der Waals surface area (Å²) in [7, 11) is -4.10. The average Bonchev–Trinajstić information content (AvgIpc) is 3.16. The molecule has 1 aromatic carbocycles. The maximum absolute atomic E-state index is 13.1. The van der Waals surface area contributed by atoms with E-state index in [9.17, 15) is 39.6 Å². The Hall–Kier alpha value is -2.57. The number of carbonyl (C=O) groups excluding carboxylic acids is 1. The molecule has 6 nitrogen and oxygen atoms in total. The third kappa shape index (κ3) is 5.68. The van der Waals surface area contributed by atoms with Crippen LogP contribution in [0, 0.1) is 0 Å². The summed E-state index contributed by atoms with van der Waals surface area (Å²) in [6.07, 6.45) is -7.52. The lowest BCUT2D eigenvalue weighted by Crippen LogP contribution is -2.45. The van der Waals surface area contributed by atoms with Crippen molar-refractivity contribution < 1.29 is 39.6 Å². The van der Waals surface area contributed by atoms with Gasteiger partial charge in [0.2, 0.25) is 0 Å². The van der Waals surface area contributed by atoms with Crippen molar-refractivity contribution in [2.45, 2.75) is 67.2 Å². The second-order valence-corrected chi connectivity index (χ2v) is 10.7. The molecule has 1 saturated carbocycles. The lowest BCUT2D eigenvalue weighted by atomic mass is 9.86. The molecule has 1 N–H and O–H groups in total. The van der Waals surface area contributed by atoms with Gasteiger partial charge in [0.15, 0.2) is 9.84 Å². The number of alkyl halides is 6. The number of halogens is 6. The quantitative estimate of drug-likeness (QED) is 0.623. The number of amides is 1. The molecule has 1 aliphatic rings. The van der Waals surface area contributed by atoms with E-state index in [4.69, 9.17) is 0 Å². The summed E-state index contributed by atoms with van der Waals surface area (Å²) in [6.45, 7) is 0.120. The normalized spacial score (nSPS) is 22.2. The average molecular weight is 497 g/mol. The predicted molar refractivity (Wildman–Crippen MR) is 105 cm³/mol. The number of nitrogens with one attached hydrogen (secondary N) is 1. The summed E-state index contributed by atoms with van der Waals surface area (Å²) >= 11 is 0. The lowest BCUT2D eigenvalue weighted by molar-refractivity contribution is -0.142. The Morgan fingerprint density at radius 1 is 1.15 bits per heavy atom. The summed E-state index contributed by atoms with van der Waals surface area (Å²) in [6, 6.07) is 4.28. The molecule has 0 bridgehead atoms. The van der Waals surface area contributed by atoms with Crippen LogP contribution in [0.1, 0.15) is 48.7 Å². The zero-order valence-corrected chi connectivity index (χ0v) is 18.2. The number of hydrogen-bond acceptors (Lipinski definition) is 4. The smallest absolute Gasteiger partial charge is 0.348 e. The highest BCUT2D eigenvalue weighted by molar-refractivity contribution is 7.92. The van der Waals surface area contributed by atoms with E-state index in [0.717, 1.165) is 30.5 Å². The summed E-state index contributed by atoms with van der Waals surface area (Å²) in [4.78, 5) is 11.9. The highest BCUT2D eigenvalue weighted by atomic mass is 32.2. The van der Waals surface area contributed by atoms with Crippen molar-refractivity contribution in [3.05, 3.63) is 47.8 Å². The number of nitrogens with zero attached hydrogens (tertiary/aromatic N) is 2. The molecule has 0 atom stereocenters. The van der Waals surface area contributed by atoms with Crippen molar-refractivity contribution in [3.8, 4) is 0 Å². The standard InChI is InChI=1S/C20H21F6N3O3S/c1-18(33(31,32)15-4-2-3-13(11-15)20(24,25)26)8-5-14(6-9-18)27-17(30)16-7-10-29(28-16)12-19(21,22)23/h2-4,7,10-11,14H,5-6,8-9,12H2,1H3,(H,27,30). The van der Waals surface area contributed by atoms with Gasteiger partial charge in [-0.2, -0.15) is 31.4 Å². The van der Waals surface area contributed by atoms with Gasteiger partial charge in [0, 0.05) is 12.2 Å². The van der Waals surface area contributed by atoms with Crippen LogP contribution >= 0.6 is 0 Å². The first-order chi connectivity index (χ1) is 15.1. The highest BCUT2D eigenvalue weighted by Gasteiger charge is 2.44. The van der Waals surface area contributed by atoms with Gasteiger partial charge < -0.3 is 5.32 Å². The Kier molecular flexibility index (Phi) is 6.57. The monoisotopic (exact) mass is 497 g/mol. The van der Waals surface area contributed by atoms with Crippen molar-refractivity contribution in [3.63, 3.8) is 0 Å². The van der Waals surface area contributed by atoms with Gasteiger partial charge in [0.05, 0.1) is 15.2 Å². The summed E-state index contributed by atoms with van der Waals surface area (Å²) < 4.78 is 102. The van der Waals surface area contributed by atoms with Gasteiger partial charge in [-0.3, -0.25) is 9.48 Å². The van der Waals surface area contributed by atoms with Gasteiger partial charge in [-0.1, -0.05) is 6.07 Å². The van der Waals surface area contributed by atoms with Gasteiger partial charge in [0.25, 0.3) is 5.91 Å². The summed E-state index contributed by atoms with van der Waals surface area (Å²) in [5, 5.41) is 6.22. The Bertz CT molecular complexity index is 1120. The van der Waals surface area contributed by atoms with Crippen LogP contribution in [0.15, 0.2) is 41.4 Å². The second-order valence-electron chi connectivity index (χ2n) is 8.24. The number of benzene rings is 1. The van der Waals surface area contributed by atoms with E-state index in [2.05, 4.69) is 10.4 Å². The molecule has 1 fully saturated rings. The first-order valence-corrected chi connectivity index (χ1v) is 11.4. The molecular formula is C20H21F6N3O3S. The molecule has 1 aliphatic carbocycles. The molecule has 0 spiro atoms. The molecule has 3 rings (SSSR count). The zero-order valence-electron chi connectivity index (χ0n) is 17.4. The highest BCUT2D eigenvalue weighted by Crippen LogP contribution is 2.40. The molecule has 0 saturated heterocycles. The van der Waals surface area contributed by atoms with Crippen LogP contribution in [-0.2, 0) is 22.6 Å². The third-order valence-electron chi connectivity index (χ3n) is 5.71. The largest absolute Gasteiger partial charge is 0.416 e. The molecule has 0 radical (unpaired) electrons. The maximum atomic E-state index is 13.1. The third-order valence-corrected chi connectivity index (χ3v) is 8.29. The minimum atomic E-state index is -4.68. The number of rotatable bonds is 5. The minimum Gasteiger partial charge on any atom is -0.348 e. The molecule has 1 aromatic heterocycles. The Labute approximate surface area is 185 Å². The molecule has 0 aliphatic heterocycles. The molecule has 13 heteroatoms. The fourth-order valence-corrected chi connectivity index (χ4v) is 5.66. The van der Waals surface area contributed by atoms with E-state index < -0.39 is 55.9 Å².